The van der Waals surface area contributed by atoms with Crippen LogP contribution < -0.4 is 20.1 Å². The summed E-state index contributed by atoms with van der Waals surface area (Å²) >= 11 is 0. The number of esters is 1. The van der Waals surface area contributed by atoms with Gasteiger partial charge in [-0.1, -0.05) is 0 Å². The van der Waals surface area contributed by atoms with Gasteiger partial charge in [0.1, 0.15) is 12.2 Å². The number of hydrogen-bond acceptors (Lipinski definition) is 9. The van der Waals surface area contributed by atoms with Gasteiger partial charge in [0.2, 0.25) is 11.9 Å². The number of nitrogens with two attached hydrogens (primary N) is 1. The number of rotatable bonds is 6. The Morgan fingerprint density at radius 2 is 1.70 bits per heavy atom. The van der Waals surface area contributed by atoms with Gasteiger partial charge in [0.05, 0.1) is 26.3 Å². The van der Waals surface area contributed by atoms with Crippen molar-refractivity contribution in [2.45, 2.75) is 13.3 Å². The normalized spacial score (nSPS) is 13.6. The van der Waals surface area contributed by atoms with Crippen LogP contribution in [0, 0.1) is 0 Å². The first-order chi connectivity index (χ1) is 14.0. The summed E-state index contributed by atoms with van der Waals surface area (Å²) in [6.07, 6.45) is -0.241. The van der Waals surface area contributed by atoms with E-state index in [1.54, 1.807) is 38.2 Å². The lowest BCUT2D eigenvalue weighted by atomic mass is 10.2. The summed E-state index contributed by atoms with van der Waals surface area (Å²) in [7, 11) is 3.11. The Morgan fingerprint density at radius 3 is 2.30 bits per heavy atom. The van der Waals surface area contributed by atoms with Crippen LogP contribution >= 0.6 is 12.4 Å². The van der Waals surface area contributed by atoms with Gasteiger partial charge in [0.25, 0.3) is 0 Å². The van der Waals surface area contributed by atoms with E-state index >= 15 is 0 Å². The van der Waals surface area contributed by atoms with E-state index in [9.17, 15) is 9.59 Å². The third kappa shape index (κ3) is 4.93. The van der Waals surface area contributed by atoms with E-state index in [-0.39, 0.29) is 31.3 Å². The van der Waals surface area contributed by atoms with Crippen LogP contribution in [-0.2, 0) is 14.3 Å². The monoisotopic (exact) mass is 439 g/mol. The molecule has 1 amide bonds. The van der Waals surface area contributed by atoms with Crippen LogP contribution in [0.2, 0.25) is 0 Å². The maximum absolute atomic E-state index is 12.2. The minimum atomic E-state index is -0.505. The molecule has 0 aliphatic carbocycles. The number of halogens is 1. The Kier molecular flexibility index (Phi) is 7.87. The highest BCUT2D eigenvalue weighted by molar-refractivity contribution is 5.94. The van der Waals surface area contributed by atoms with Crippen LogP contribution in [0.25, 0.3) is 10.9 Å². The maximum atomic E-state index is 12.2. The number of benzene rings is 1. The number of nitrogen functional groups attached to an aromatic ring is 1. The third-order valence-electron chi connectivity index (χ3n) is 4.73. The number of carbonyl (C=O) groups is 2. The van der Waals surface area contributed by atoms with Crippen LogP contribution in [-0.4, -0.2) is 73.7 Å². The molecule has 1 aromatic heterocycles. The van der Waals surface area contributed by atoms with Gasteiger partial charge in [-0.2, -0.15) is 4.98 Å². The number of anilines is 2. The lowest BCUT2D eigenvalue weighted by molar-refractivity contribution is -0.148. The molecule has 1 aromatic carbocycles. The van der Waals surface area contributed by atoms with E-state index in [1.807, 2.05) is 4.90 Å². The van der Waals surface area contributed by atoms with E-state index in [1.165, 1.54) is 0 Å². The van der Waals surface area contributed by atoms with Crippen molar-refractivity contribution in [3.05, 3.63) is 12.1 Å². The Labute approximate surface area is 180 Å². The van der Waals surface area contributed by atoms with Crippen LogP contribution in [0.1, 0.15) is 13.3 Å². The van der Waals surface area contributed by atoms with E-state index in [0.717, 1.165) is 0 Å². The van der Waals surface area contributed by atoms with E-state index < -0.39 is 5.97 Å². The van der Waals surface area contributed by atoms with Crippen LogP contribution in [0.5, 0.6) is 11.5 Å². The number of piperazine rings is 1. The number of fused-ring (bicyclic) bond motifs is 1. The van der Waals surface area contributed by atoms with Crippen molar-refractivity contribution >= 4 is 47.0 Å². The molecule has 2 aromatic rings. The first kappa shape index (κ1) is 23.3. The smallest absolute Gasteiger partial charge is 0.315 e. The van der Waals surface area contributed by atoms with E-state index in [4.69, 9.17) is 19.9 Å². The quantitative estimate of drug-likeness (QED) is 0.523. The minimum Gasteiger partial charge on any atom is -0.493 e. The molecule has 11 heteroatoms. The van der Waals surface area contributed by atoms with Crippen LogP contribution in [0.4, 0.5) is 11.8 Å². The van der Waals surface area contributed by atoms with Crippen molar-refractivity contribution in [3.8, 4) is 11.5 Å². The first-order valence-corrected chi connectivity index (χ1v) is 9.34. The molecule has 0 unspecified atom stereocenters. The second-order valence-corrected chi connectivity index (χ2v) is 6.48. The van der Waals surface area contributed by atoms with Crippen molar-refractivity contribution in [1.82, 2.24) is 14.9 Å². The third-order valence-corrected chi connectivity index (χ3v) is 4.73. The first-order valence-electron chi connectivity index (χ1n) is 9.34. The molecule has 3 rings (SSSR count). The van der Waals surface area contributed by atoms with Crippen molar-refractivity contribution < 1.29 is 23.8 Å². The summed E-state index contributed by atoms with van der Waals surface area (Å²) in [5.41, 5.74) is 6.79. The SMILES string of the molecule is CCOC(=O)CC(=O)N1CCN(c2nc(N)c3cc(OC)c(OC)cc3n2)CC1.Cl. The Morgan fingerprint density at radius 1 is 1.07 bits per heavy atom. The Bertz CT molecular complexity index is 918. The molecule has 2 N–H and O–H groups in total. The zero-order valence-electron chi connectivity index (χ0n) is 17.2. The van der Waals surface area contributed by atoms with Crippen molar-refractivity contribution in [3.63, 3.8) is 0 Å². The lowest BCUT2D eigenvalue weighted by Gasteiger charge is -2.34. The molecular weight excluding hydrogens is 414 g/mol. The van der Waals surface area contributed by atoms with Gasteiger partial charge < -0.3 is 29.7 Å². The fourth-order valence-electron chi connectivity index (χ4n) is 3.21. The molecule has 1 aliphatic rings. The maximum Gasteiger partial charge on any atom is 0.315 e. The molecule has 0 radical (unpaired) electrons. The zero-order valence-corrected chi connectivity index (χ0v) is 18.0. The predicted octanol–water partition coefficient (Wildman–Crippen LogP) is 1.25. The number of methoxy groups -OCH3 is 2. The van der Waals surface area contributed by atoms with Crippen molar-refractivity contribution in [2.75, 3.05) is 57.6 Å². The fraction of sp³-hybridized carbons (Fsp3) is 0.474. The molecule has 1 saturated heterocycles. The highest BCUT2D eigenvalue weighted by Crippen LogP contribution is 2.34. The fourth-order valence-corrected chi connectivity index (χ4v) is 3.21. The highest BCUT2D eigenvalue weighted by Gasteiger charge is 2.25. The number of amides is 1. The van der Waals surface area contributed by atoms with Crippen molar-refractivity contribution in [2.24, 2.45) is 0 Å². The van der Waals surface area contributed by atoms with E-state index in [2.05, 4.69) is 9.97 Å². The Balaban J connectivity index is 0.00000320. The Hall–Kier alpha value is -3.01. The predicted molar refractivity (Wildman–Crippen MR) is 114 cm³/mol. The number of hydrogen-bond donors (Lipinski definition) is 1. The number of carbonyl (C=O) groups excluding carboxylic acids is 2. The average Bonchev–Trinajstić information content (AvgIpc) is 2.73. The molecule has 2 heterocycles. The molecular formula is C19H26ClN5O5. The second kappa shape index (κ2) is 10.1. The average molecular weight is 440 g/mol. The topological polar surface area (TPSA) is 120 Å². The van der Waals surface area contributed by atoms with E-state index in [0.29, 0.717) is 60.3 Å². The molecule has 164 valence electrons. The minimum absolute atomic E-state index is 0. The summed E-state index contributed by atoms with van der Waals surface area (Å²) in [4.78, 5) is 36.4. The number of ether oxygens (including phenoxy) is 3. The van der Waals surface area contributed by atoms with Gasteiger partial charge in [-0.05, 0) is 13.0 Å². The summed E-state index contributed by atoms with van der Waals surface area (Å²) in [6.45, 7) is 3.97. The van der Waals surface area contributed by atoms with Gasteiger partial charge in [-0.25, -0.2) is 4.98 Å². The molecule has 0 bridgehead atoms. The molecule has 10 nitrogen and oxygen atoms in total. The molecule has 1 aliphatic heterocycles. The zero-order chi connectivity index (χ0) is 21.0. The van der Waals surface area contributed by atoms with Gasteiger partial charge in [0.15, 0.2) is 11.5 Å². The number of aromatic nitrogens is 2. The standard InChI is InChI=1S/C19H25N5O5.ClH/c1-4-29-17(26)11-16(25)23-5-7-24(8-6-23)19-21-13-10-15(28-3)14(27-2)9-12(13)18(20)22-19;/h9-10H,4-8,11H2,1-3H3,(H2,20,21,22);1H. The molecule has 0 saturated carbocycles. The van der Waals surface area contributed by atoms with Crippen LogP contribution in [0.15, 0.2) is 12.1 Å². The summed E-state index contributed by atoms with van der Waals surface area (Å²) in [5.74, 6) is 1.19. The van der Waals surface area contributed by atoms with Gasteiger partial charge >= 0.3 is 5.97 Å². The lowest BCUT2D eigenvalue weighted by Crippen LogP contribution is -2.49. The number of nitrogens with zero attached hydrogens (tertiary/aromatic N) is 4. The molecule has 0 spiro atoms. The highest BCUT2D eigenvalue weighted by atomic mass is 35.5. The molecule has 1 fully saturated rings. The van der Waals surface area contributed by atoms with Gasteiger partial charge in [0, 0.05) is 37.6 Å². The van der Waals surface area contributed by atoms with Gasteiger partial charge in [-0.3, -0.25) is 9.59 Å². The molecule has 0 atom stereocenters. The van der Waals surface area contributed by atoms with Crippen LogP contribution in [0.3, 0.4) is 0 Å². The summed E-state index contributed by atoms with van der Waals surface area (Å²) < 4.78 is 15.5. The van der Waals surface area contributed by atoms with Gasteiger partial charge in [-0.15, -0.1) is 12.4 Å². The molecule has 30 heavy (non-hydrogen) atoms. The second-order valence-electron chi connectivity index (χ2n) is 6.48. The summed E-state index contributed by atoms with van der Waals surface area (Å²) in [5, 5.41) is 0.676. The largest absolute Gasteiger partial charge is 0.493 e. The van der Waals surface area contributed by atoms with Crippen molar-refractivity contribution in [1.29, 1.82) is 0 Å². The summed E-state index contributed by atoms with van der Waals surface area (Å²) in [6, 6.07) is 3.51.